The molecular weight excluding hydrogens is 236 g/mol. The predicted octanol–water partition coefficient (Wildman–Crippen LogP) is 1.48. The molecule has 0 bridgehead atoms. The van der Waals surface area contributed by atoms with E-state index in [0.29, 0.717) is 5.92 Å². The fourth-order valence-electron chi connectivity index (χ4n) is 2.33. The van der Waals surface area contributed by atoms with E-state index in [0.717, 1.165) is 45.2 Å². The molecule has 0 heterocycles. The molecule has 0 aromatic heterocycles. The molecule has 102 valence electrons. The van der Waals surface area contributed by atoms with Crippen molar-refractivity contribution in [2.24, 2.45) is 5.92 Å². The lowest BCUT2D eigenvalue weighted by atomic mass is 10.1. The summed E-state index contributed by atoms with van der Waals surface area (Å²) in [5.74, 6) is 0.758. The van der Waals surface area contributed by atoms with E-state index >= 15 is 0 Å². The van der Waals surface area contributed by atoms with Crippen LogP contribution >= 0.6 is 0 Å². The molecule has 2 unspecified atom stereocenters. The first kappa shape index (κ1) is 14.9. The Morgan fingerprint density at radius 1 is 1.24 bits per heavy atom. The van der Waals surface area contributed by atoms with Gasteiger partial charge >= 0.3 is 0 Å². The highest BCUT2D eigenvalue weighted by Gasteiger charge is 2.26. The highest BCUT2D eigenvalue weighted by molar-refractivity contribution is 7.89. The monoisotopic (exact) mass is 262 g/mol. The second-order valence-corrected chi connectivity index (χ2v) is 6.89. The summed E-state index contributed by atoms with van der Waals surface area (Å²) in [6.07, 6.45) is 4.96. The predicted molar refractivity (Wildman–Crippen MR) is 71.5 cm³/mol. The van der Waals surface area contributed by atoms with E-state index in [1.165, 1.54) is 0 Å². The van der Waals surface area contributed by atoms with Gasteiger partial charge in [-0.05, 0) is 44.7 Å². The minimum absolute atomic E-state index is 0.175. The van der Waals surface area contributed by atoms with E-state index in [1.807, 2.05) is 0 Å². The molecule has 0 aliphatic heterocycles. The van der Waals surface area contributed by atoms with Crippen LogP contribution in [0, 0.1) is 5.92 Å². The Bertz CT molecular complexity index is 304. The summed E-state index contributed by atoms with van der Waals surface area (Å²) in [5, 5.41) is 3.20. The summed E-state index contributed by atoms with van der Waals surface area (Å²) in [7, 11) is -3.06. The normalized spacial score (nSPS) is 25.3. The molecule has 1 saturated carbocycles. The highest BCUT2D eigenvalue weighted by Crippen LogP contribution is 2.25. The van der Waals surface area contributed by atoms with Crippen LogP contribution in [0.2, 0.25) is 0 Å². The van der Waals surface area contributed by atoms with E-state index in [1.54, 1.807) is 0 Å². The second kappa shape index (κ2) is 7.34. The van der Waals surface area contributed by atoms with Gasteiger partial charge in [-0.2, -0.15) is 0 Å². The molecule has 17 heavy (non-hydrogen) atoms. The van der Waals surface area contributed by atoms with Crippen LogP contribution in [0.4, 0.5) is 0 Å². The third-order valence-corrected chi connectivity index (χ3v) is 4.95. The van der Waals surface area contributed by atoms with Gasteiger partial charge in [0.15, 0.2) is 0 Å². The van der Waals surface area contributed by atoms with E-state index in [-0.39, 0.29) is 11.8 Å². The number of unbranched alkanes of at least 4 members (excludes halogenated alkanes) is 1. The standard InChI is InChI=1S/C12H26N2O2S/c1-3-13-9-4-5-10-17(15,16)14-12-8-6-7-11(12)2/h11-14H,3-10H2,1-2H3. The first-order valence-corrected chi connectivity index (χ1v) is 8.41. The Kier molecular flexibility index (Phi) is 6.44. The SMILES string of the molecule is CCNCCCCS(=O)(=O)NC1CCCC1C. The lowest BCUT2D eigenvalue weighted by molar-refractivity contribution is 0.475. The van der Waals surface area contributed by atoms with Crippen molar-refractivity contribution in [1.29, 1.82) is 0 Å². The number of hydrogen-bond donors (Lipinski definition) is 2. The van der Waals surface area contributed by atoms with Crippen molar-refractivity contribution in [2.45, 2.75) is 52.0 Å². The number of nitrogens with one attached hydrogen (secondary N) is 2. The maximum atomic E-state index is 11.8. The van der Waals surface area contributed by atoms with Gasteiger partial charge in [-0.3, -0.25) is 0 Å². The van der Waals surface area contributed by atoms with Gasteiger partial charge in [0.05, 0.1) is 5.75 Å². The first-order valence-electron chi connectivity index (χ1n) is 6.76. The first-order chi connectivity index (χ1) is 8.05. The largest absolute Gasteiger partial charge is 0.317 e. The minimum Gasteiger partial charge on any atom is -0.317 e. The number of rotatable bonds is 8. The Morgan fingerprint density at radius 2 is 2.00 bits per heavy atom. The molecule has 0 spiro atoms. The van der Waals surface area contributed by atoms with Gasteiger partial charge in [-0.15, -0.1) is 0 Å². The van der Waals surface area contributed by atoms with Crippen LogP contribution in [-0.4, -0.2) is 33.3 Å². The van der Waals surface area contributed by atoms with Crippen LogP contribution in [0.3, 0.4) is 0 Å². The Morgan fingerprint density at radius 3 is 2.59 bits per heavy atom. The third-order valence-electron chi connectivity index (χ3n) is 3.46. The van der Waals surface area contributed by atoms with Crippen molar-refractivity contribution >= 4 is 10.0 Å². The molecule has 0 aromatic carbocycles. The molecular formula is C12H26N2O2S. The quantitative estimate of drug-likeness (QED) is 0.652. The van der Waals surface area contributed by atoms with Crippen LogP contribution in [0.5, 0.6) is 0 Å². The fraction of sp³-hybridized carbons (Fsp3) is 1.00. The van der Waals surface area contributed by atoms with Crippen molar-refractivity contribution in [3.05, 3.63) is 0 Å². The van der Waals surface area contributed by atoms with Crippen molar-refractivity contribution < 1.29 is 8.42 Å². The van der Waals surface area contributed by atoms with Crippen LogP contribution in [0.1, 0.15) is 46.0 Å². The van der Waals surface area contributed by atoms with E-state index in [9.17, 15) is 8.42 Å². The van der Waals surface area contributed by atoms with Crippen LogP contribution in [0.25, 0.3) is 0 Å². The van der Waals surface area contributed by atoms with Crippen LogP contribution < -0.4 is 10.0 Å². The summed E-state index contributed by atoms with van der Waals surface area (Å²) in [5.41, 5.74) is 0. The van der Waals surface area contributed by atoms with E-state index < -0.39 is 10.0 Å². The van der Waals surface area contributed by atoms with Crippen LogP contribution in [0.15, 0.2) is 0 Å². The molecule has 1 rings (SSSR count). The Labute approximate surface area is 106 Å². The second-order valence-electron chi connectivity index (χ2n) is 5.01. The zero-order chi connectivity index (χ0) is 12.7. The summed E-state index contributed by atoms with van der Waals surface area (Å²) in [6, 6.07) is 0.175. The fourth-order valence-corrected chi connectivity index (χ4v) is 3.84. The molecule has 5 heteroatoms. The van der Waals surface area contributed by atoms with Gasteiger partial charge in [0.2, 0.25) is 10.0 Å². The van der Waals surface area contributed by atoms with Crippen molar-refractivity contribution in [2.75, 3.05) is 18.8 Å². The molecule has 4 nitrogen and oxygen atoms in total. The lowest BCUT2D eigenvalue weighted by Gasteiger charge is -2.17. The average Bonchev–Trinajstić information content (AvgIpc) is 2.63. The number of hydrogen-bond acceptors (Lipinski definition) is 3. The summed E-state index contributed by atoms with van der Waals surface area (Å²) in [6.45, 7) is 6.04. The molecule has 2 N–H and O–H groups in total. The van der Waals surface area contributed by atoms with Gasteiger partial charge in [-0.25, -0.2) is 13.1 Å². The number of sulfonamides is 1. The zero-order valence-electron chi connectivity index (χ0n) is 11.0. The third kappa shape index (κ3) is 5.84. The molecule has 2 atom stereocenters. The zero-order valence-corrected chi connectivity index (χ0v) is 11.9. The maximum Gasteiger partial charge on any atom is 0.211 e. The molecule has 0 amide bonds. The van der Waals surface area contributed by atoms with E-state index in [2.05, 4.69) is 23.9 Å². The van der Waals surface area contributed by atoms with Gasteiger partial charge < -0.3 is 5.32 Å². The smallest absolute Gasteiger partial charge is 0.211 e. The van der Waals surface area contributed by atoms with Gasteiger partial charge in [0, 0.05) is 6.04 Å². The van der Waals surface area contributed by atoms with E-state index in [4.69, 9.17) is 0 Å². The molecule has 1 aliphatic carbocycles. The Hall–Kier alpha value is -0.130. The van der Waals surface area contributed by atoms with Gasteiger partial charge in [0.25, 0.3) is 0 Å². The highest BCUT2D eigenvalue weighted by atomic mass is 32.2. The molecule has 0 aromatic rings. The molecule has 1 aliphatic rings. The van der Waals surface area contributed by atoms with Gasteiger partial charge in [0.1, 0.15) is 0 Å². The molecule has 0 radical (unpaired) electrons. The van der Waals surface area contributed by atoms with Crippen molar-refractivity contribution in [1.82, 2.24) is 10.0 Å². The maximum absolute atomic E-state index is 11.8. The summed E-state index contributed by atoms with van der Waals surface area (Å²) >= 11 is 0. The van der Waals surface area contributed by atoms with Crippen molar-refractivity contribution in [3.63, 3.8) is 0 Å². The Balaban J connectivity index is 2.21. The van der Waals surface area contributed by atoms with Crippen molar-refractivity contribution in [3.8, 4) is 0 Å². The summed E-state index contributed by atoms with van der Waals surface area (Å²) in [4.78, 5) is 0. The van der Waals surface area contributed by atoms with Crippen LogP contribution in [-0.2, 0) is 10.0 Å². The minimum atomic E-state index is -3.06. The summed E-state index contributed by atoms with van der Waals surface area (Å²) < 4.78 is 26.5. The topological polar surface area (TPSA) is 58.2 Å². The molecule has 1 fully saturated rings. The average molecular weight is 262 g/mol. The lowest BCUT2D eigenvalue weighted by Crippen LogP contribution is -2.37. The molecule has 0 saturated heterocycles. The van der Waals surface area contributed by atoms with Gasteiger partial charge in [-0.1, -0.05) is 20.3 Å².